The number of aryl methyl sites for hydroxylation is 1. The van der Waals surface area contributed by atoms with E-state index in [4.69, 9.17) is 4.74 Å². The summed E-state index contributed by atoms with van der Waals surface area (Å²) in [7, 11) is 1.59. The lowest BCUT2D eigenvalue weighted by molar-refractivity contribution is 0.415. The second-order valence-corrected chi connectivity index (χ2v) is 6.34. The van der Waals surface area contributed by atoms with Crippen LogP contribution < -0.4 is 15.7 Å². The minimum atomic E-state index is -0.356. The molecular weight excluding hydrogens is 368 g/mol. The van der Waals surface area contributed by atoms with Gasteiger partial charge in [-0.2, -0.15) is 5.10 Å². The number of fused-ring (bicyclic) bond motifs is 1. The SMILES string of the molecule is CCn1cc(/C=N/Nc2nnc(-c3ccc(OC)cc3)c(=O)[nH]2)c2ccccc21. The molecule has 2 aromatic heterocycles. The van der Waals surface area contributed by atoms with Crippen LogP contribution >= 0.6 is 0 Å². The number of aromatic nitrogens is 4. The molecule has 0 unspecified atom stereocenters. The van der Waals surface area contributed by atoms with Gasteiger partial charge in [0.2, 0.25) is 5.95 Å². The number of nitrogens with zero attached hydrogens (tertiary/aromatic N) is 4. The standard InChI is InChI=1S/C21H20N6O2/c1-3-27-13-15(17-6-4-5-7-18(17)27)12-22-25-21-23-20(28)19(24-26-21)14-8-10-16(29-2)11-9-14/h4-13H,3H2,1-2H3,(H2,23,25,26,28)/b22-12+. The van der Waals surface area contributed by atoms with Crippen molar-refractivity contribution in [2.24, 2.45) is 5.10 Å². The highest BCUT2D eigenvalue weighted by molar-refractivity contribution is 5.99. The van der Waals surface area contributed by atoms with Crippen molar-refractivity contribution in [3.05, 3.63) is 70.6 Å². The normalized spacial score (nSPS) is 11.2. The molecule has 0 amide bonds. The second-order valence-electron chi connectivity index (χ2n) is 6.34. The molecule has 2 aromatic carbocycles. The number of aromatic amines is 1. The lowest BCUT2D eigenvalue weighted by Crippen LogP contribution is -2.15. The van der Waals surface area contributed by atoms with Gasteiger partial charge in [0.15, 0.2) is 5.69 Å². The van der Waals surface area contributed by atoms with Gasteiger partial charge in [0.05, 0.1) is 13.3 Å². The number of nitrogens with one attached hydrogen (secondary N) is 2. The average molecular weight is 388 g/mol. The van der Waals surface area contributed by atoms with Crippen LogP contribution in [0.5, 0.6) is 5.75 Å². The quantitative estimate of drug-likeness (QED) is 0.390. The summed E-state index contributed by atoms with van der Waals surface area (Å²) in [4.78, 5) is 15.0. The zero-order valence-corrected chi connectivity index (χ0v) is 16.1. The van der Waals surface area contributed by atoms with E-state index >= 15 is 0 Å². The van der Waals surface area contributed by atoms with Crippen molar-refractivity contribution in [2.75, 3.05) is 12.5 Å². The number of ether oxygens (including phenoxy) is 1. The van der Waals surface area contributed by atoms with Crippen molar-refractivity contribution in [3.63, 3.8) is 0 Å². The first-order valence-electron chi connectivity index (χ1n) is 9.18. The van der Waals surface area contributed by atoms with Crippen molar-refractivity contribution >= 4 is 23.1 Å². The molecule has 0 fully saturated rings. The number of hydrogen-bond donors (Lipinski definition) is 2. The Hall–Kier alpha value is -3.94. The molecule has 0 aliphatic heterocycles. The van der Waals surface area contributed by atoms with Crippen molar-refractivity contribution in [1.29, 1.82) is 0 Å². The van der Waals surface area contributed by atoms with Crippen LogP contribution in [0.1, 0.15) is 12.5 Å². The molecular formula is C21H20N6O2. The summed E-state index contributed by atoms with van der Waals surface area (Å²) >= 11 is 0. The molecule has 4 rings (SSSR count). The number of benzene rings is 2. The van der Waals surface area contributed by atoms with Gasteiger partial charge in [0, 0.05) is 34.8 Å². The van der Waals surface area contributed by atoms with Crippen LogP contribution in [0.25, 0.3) is 22.2 Å². The Morgan fingerprint density at radius 3 is 2.69 bits per heavy atom. The van der Waals surface area contributed by atoms with Crippen LogP contribution in [0.4, 0.5) is 5.95 Å². The Labute approximate surface area is 166 Å². The molecule has 2 N–H and O–H groups in total. The highest BCUT2D eigenvalue weighted by Crippen LogP contribution is 2.20. The summed E-state index contributed by atoms with van der Waals surface area (Å²) in [5.41, 5.74) is 5.38. The maximum atomic E-state index is 12.4. The molecule has 0 saturated carbocycles. The number of rotatable bonds is 6. The van der Waals surface area contributed by atoms with E-state index in [9.17, 15) is 4.79 Å². The molecule has 146 valence electrons. The fourth-order valence-electron chi connectivity index (χ4n) is 3.13. The highest BCUT2D eigenvalue weighted by Gasteiger charge is 2.08. The molecule has 0 spiro atoms. The number of H-pyrrole nitrogens is 1. The van der Waals surface area contributed by atoms with Gasteiger partial charge in [0.25, 0.3) is 5.56 Å². The van der Waals surface area contributed by atoms with Gasteiger partial charge in [-0.05, 0) is 37.3 Å². The summed E-state index contributed by atoms with van der Waals surface area (Å²) in [5.74, 6) is 0.873. The van der Waals surface area contributed by atoms with Crippen LogP contribution in [-0.4, -0.2) is 33.1 Å². The van der Waals surface area contributed by atoms with E-state index < -0.39 is 0 Å². The summed E-state index contributed by atoms with van der Waals surface area (Å²) in [5, 5.41) is 13.3. The highest BCUT2D eigenvalue weighted by atomic mass is 16.5. The molecule has 8 heteroatoms. The predicted molar refractivity (Wildman–Crippen MR) is 113 cm³/mol. The lowest BCUT2D eigenvalue weighted by Gasteiger charge is -2.03. The van der Waals surface area contributed by atoms with E-state index in [1.807, 2.05) is 24.4 Å². The van der Waals surface area contributed by atoms with E-state index in [0.717, 1.165) is 23.0 Å². The molecule has 0 bridgehead atoms. The molecule has 0 radical (unpaired) electrons. The number of hydrogen-bond acceptors (Lipinski definition) is 6. The molecule has 2 heterocycles. The summed E-state index contributed by atoms with van der Waals surface area (Å²) < 4.78 is 7.28. The van der Waals surface area contributed by atoms with Gasteiger partial charge in [-0.3, -0.25) is 9.78 Å². The lowest BCUT2D eigenvalue weighted by atomic mass is 10.1. The van der Waals surface area contributed by atoms with Crippen LogP contribution in [0, 0.1) is 0 Å². The van der Waals surface area contributed by atoms with E-state index in [-0.39, 0.29) is 17.2 Å². The van der Waals surface area contributed by atoms with Gasteiger partial charge >= 0.3 is 0 Å². The Morgan fingerprint density at radius 1 is 1.17 bits per heavy atom. The Balaban J connectivity index is 1.53. The predicted octanol–water partition coefficient (Wildman–Crippen LogP) is 3.26. The number of methoxy groups -OCH3 is 1. The zero-order chi connectivity index (χ0) is 20.2. The van der Waals surface area contributed by atoms with E-state index in [2.05, 4.69) is 43.3 Å². The fraction of sp³-hybridized carbons (Fsp3) is 0.143. The molecule has 8 nitrogen and oxygen atoms in total. The first kappa shape index (κ1) is 18.4. The number of hydrazone groups is 1. The van der Waals surface area contributed by atoms with Crippen molar-refractivity contribution in [3.8, 4) is 17.0 Å². The van der Waals surface area contributed by atoms with Crippen molar-refractivity contribution in [1.82, 2.24) is 19.7 Å². The molecule has 0 aliphatic carbocycles. The molecule has 0 aliphatic rings. The summed E-state index contributed by atoms with van der Waals surface area (Å²) in [6, 6.07) is 15.2. The van der Waals surface area contributed by atoms with E-state index in [1.54, 1.807) is 37.6 Å². The monoisotopic (exact) mass is 388 g/mol. The van der Waals surface area contributed by atoms with Crippen LogP contribution in [0.15, 0.2) is 64.6 Å². The first-order chi connectivity index (χ1) is 14.2. The van der Waals surface area contributed by atoms with Crippen LogP contribution in [0.3, 0.4) is 0 Å². The van der Waals surface area contributed by atoms with Gasteiger partial charge in [-0.25, -0.2) is 5.43 Å². The van der Waals surface area contributed by atoms with E-state index in [0.29, 0.717) is 11.3 Å². The minimum Gasteiger partial charge on any atom is -0.497 e. The Kier molecular flexibility index (Phi) is 5.07. The zero-order valence-electron chi connectivity index (χ0n) is 16.1. The number of para-hydroxylation sites is 1. The van der Waals surface area contributed by atoms with Crippen LogP contribution in [0.2, 0.25) is 0 Å². The van der Waals surface area contributed by atoms with Crippen molar-refractivity contribution < 1.29 is 4.74 Å². The molecule has 4 aromatic rings. The van der Waals surface area contributed by atoms with Gasteiger partial charge in [0.1, 0.15) is 5.75 Å². The van der Waals surface area contributed by atoms with Crippen LogP contribution in [-0.2, 0) is 6.54 Å². The molecule has 0 atom stereocenters. The largest absolute Gasteiger partial charge is 0.497 e. The second kappa shape index (κ2) is 7.97. The van der Waals surface area contributed by atoms with E-state index in [1.165, 1.54) is 0 Å². The average Bonchev–Trinajstić information content (AvgIpc) is 3.12. The topological polar surface area (TPSA) is 97.2 Å². The van der Waals surface area contributed by atoms with Gasteiger partial charge < -0.3 is 9.30 Å². The molecule has 29 heavy (non-hydrogen) atoms. The maximum Gasteiger partial charge on any atom is 0.279 e. The molecule has 0 saturated heterocycles. The third-order valence-electron chi connectivity index (χ3n) is 4.59. The third-order valence-corrected chi connectivity index (χ3v) is 4.59. The number of anilines is 1. The Bertz CT molecular complexity index is 1220. The van der Waals surface area contributed by atoms with Gasteiger partial charge in [-0.1, -0.05) is 18.2 Å². The summed E-state index contributed by atoms with van der Waals surface area (Å²) in [6.07, 6.45) is 3.74. The smallest absolute Gasteiger partial charge is 0.279 e. The summed E-state index contributed by atoms with van der Waals surface area (Å²) in [6.45, 7) is 2.96. The third kappa shape index (κ3) is 3.73. The fourth-order valence-corrected chi connectivity index (χ4v) is 3.13. The minimum absolute atomic E-state index is 0.169. The van der Waals surface area contributed by atoms with Gasteiger partial charge in [-0.15, -0.1) is 10.2 Å². The Morgan fingerprint density at radius 2 is 1.97 bits per heavy atom. The maximum absolute atomic E-state index is 12.4. The first-order valence-corrected chi connectivity index (χ1v) is 9.18. The van der Waals surface area contributed by atoms with Crippen molar-refractivity contribution in [2.45, 2.75) is 13.5 Å².